The van der Waals surface area contributed by atoms with E-state index in [0.717, 1.165) is 12.5 Å². The van der Waals surface area contributed by atoms with Crippen LogP contribution in [0.5, 0.6) is 0 Å². The van der Waals surface area contributed by atoms with Crippen molar-refractivity contribution in [1.82, 2.24) is 4.90 Å². The third kappa shape index (κ3) is 2.48. The van der Waals surface area contributed by atoms with E-state index in [2.05, 4.69) is 4.90 Å². The van der Waals surface area contributed by atoms with Gasteiger partial charge in [0, 0.05) is 19.1 Å². The molecule has 3 atom stereocenters. The molecule has 2 aliphatic rings. The zero-order valence-electron chi connectivity index (χ0n) is 6.53. The van der Waals surface area contributed by atoms with Gasteiger partial charge in [-0.2, -0.15) is 0 Å². The second-order valence-electron chi connectivity index (χ2n) is 3.41. The Morgan fingerprint density at radius 3 is 2.55 bits per heavy atom. The molecular formula is C7H16Cl2N2. The van der Waals surface area contributed by atoms with Gasteiger partial charge in [0.25, 0.3) is 0 Å². The molecule has 2 N–H and O–H groups in total. The molecule has 2 rings (SSSR count). The van der Waals surface area contributed by atoms with Crippen molar-refractivity contribution in [2.75, 3.05) is 19.6 Å². The maximum Gasteiger partial charge on any atom is 0.0170 e. The summed E-state index contributed by atoms with van der Waals surface area (Å²) in [7, 11) is 0. The Bertz CT molecular complexity index is 109. The highest BCUT2D eigenvalue weighted by Crippen LogP contribution is 2.25. The Hall–Kier alpha value is 0.500. The molecule has 2 fully saturated rings. The smallest absolute Gasteiger partial charge is 0.0170 e. The molecule has 0 aromatic rings. The van der Waals surface area contributed by atoms with Gasteiger partial charge >= 0.3 is 0 Å². The Morgan fingerprint density at radius 1 is 1.18 bits per heavy atom. The Morgan fingerprint density at radius 2 is 1.91 bits per heavy atom. The zero-order chi connectivity index (χ0) is 6.27. The largest absolute Gasteiger partial charge is 0.327 e. The summed E-state index contributed by atoms with van der Waals surface area (Å²) in [4.78, 5) is 2.48. The van der Waals surface area contributed by atoms with Crippen LogP contribution >= 0.6 is 24.8 Å². The van der Waals surface area contributed by atoms with E-state index in [4.69, 9.17) is 5.73 Å². The molecule has 0 spiro atoms. The maximum absolute atomic E-state index is 5.81. The highest BCUT2D eigenvalue weighted by atomic mass is 35.5. The molecule has 0 aliphatic carbocycles. The molecule has 2 aliphatic heterocycles. The van der Waals surface area contributed by atoms with Crippen LogP contribution in [0.3, 0.4) is 0 Å². The lowest BCUT2D eigenvalue weighted by molar-refractivity contribution is 0.244. The van der Waals surface area contributed by atoms with Crippen molar-refractivity contribution < 1.29 is 0 Å². The van der Waals surface area contributed by atoms with Crippen LogP contribution < -0.4 is 5.73 Å². The molecule has 4 heteroatoms. The van der Waals surface area contributed by atoms with Crippen molar-refractivity contribution >= 4 is 24.8 Å². The van der Waals surface area contributed by atoms with E-state index in [0.29, 0.717) is 6.04 Å². The van der Waals surface area contributed by atoms with Crippen LogP contribution in [0.1, 0.15) is 12.8 Å². The van der Waals surface area contributed by atoms with Gasteiger partial charge in [-0.3, -0.25) is 0 Å². The van der Waals surface area contributed by atoms with Crippen LogP contribution in [-0.2, 0) is 0 Å². The van der Waals surface area contributed by atoms with E-state index in [-0.39, 0.29) is 24.8 Å². The number of halogens is 2. The molecule has 2 nitrogen and oxygen atoms in total. The lowest BCUT2D eigenvalue weighted by atomic mass is 9.98. The van der Waals surface area contributed by atoms with Crippen molar-refractivity contribution in [1.29, 1.82) is 0 Å². The topological polar surface area (TPSA) is 29.3 Å². The van der Waals surface area contributed by atoms with Gasteiger partial charge in [-0.25, -0.2) is 0 Å². The predicted molar refractivity (Wildman–Crippen MR) is 51.6 cm³/mol. The molecule has 2 unspecified atom stereocenters. The molecule has 0 amide bonds. The number of rotatable bonds is 0. The third-order valence-corrected chi connectivity index (χ3v) is 2.50. The molecule has 0 radical (unpaired) electrons. The summed E-state index contributed by atoms with van der Waals surface area (Å²) < 4.78 is 0. The number of nitrogens with zero attached hydrogens (tertiary/aromatic N) is 1. The standard InChI is InChI=1S/C7H14N2.2ClH/c8-7-3-6-1-2-9(4-6)5-7;;/h6-7H,1-5,8H2;2*1H/t6?,7-;;/m1../s1. The van der Waals surface area contributed by atoms with E-state index >= 15 is 0 Å². The van der Waals surface area contributed by atoms with Crippen LogP contribution in [0.15, 0.2) is 0 Å². The molecule has 2 heterocycles. The van der Waals surface area contributed by atoms with Crippen molar-refractivity contribution in [2.45, 2.75) is 18.9 Å². The monoisotopic (exact) mass is 198 g/mol. The van der Waals surface area contributed by atoms with Crippen LogP contribution in [0.2, 0.25) is 0 Å². The summed E-state index contributed by atoms with van der Waals surface area (Å²) in [6, 6.07) is 0.478. The Kier molecular flexibility index (Phi) is 4.71. The molecule has 2 saturated heterocycles. The second kappa shape index (κ2) is 4.51. The van der Waals surface area contributed by atoms with E-state index < -0.39 is 0 Å². The zero-order valence-corrected chi connectivity index (χ0v) is 8.16. The Balaban J connectivity index is 0.000000500. The number of fused-ring (bicyclic) bond motifs is 2. The summed E-state index contributed by atoms with van der Waals surface area (Å²) in [6.45, 7) is 3.78. The first-order chi connectivity index (χ1) is 4.34. The first kappa shape index (κ1) is 11.5. The minimum atomic E-state index is 0. The third-order valence-electron chi connectivity index (χ3n) is 2.50. The molecule has 0 saturated carbocycles. The number of hydrogen-bond acceptors (Lipinski definition) is 2. The predicted octanol–water partition coefficient (Wildman–Crippen LogP) is 0.883. The van der Waals surface area contributed by atoms with Crippen molar-refractivity contribution in [3.05, 3.63) is 0 Å². The number of piperidine rings is 1. The first-order valence-electron chi connectivity index (χ1n) is 3.82. The highest BCUT2D eigenvalue weighted by Gasteiger charge is 2.29. The lowest BCUT2D eigenvalue weighted by Gasteiger charge is -2.26. The van der Waals surface area contributed by atoms with Crippen molar-refractivity contribution in [3.8, 4) is 0 Å². The second-order valence-corrected chi connectivity index (χ2v) is 3.41. The number of hydrogen-bond donors (Lipinski definition) is 1. The SMILES string of the molecule is Cl.Cl.N[C@@H]1CC2CCN(C2)C1. The van der Waals surface area contributed by atoms with Crippen molar-refractivity contribution in [2.24, 2.45) is 11.7 Å². The van der Waals surface area contributed by atoms with Crippen LogP contribution in [0.25, 0.3) is 0 Å². The van der Waals surface area contributed by atoms with Gasteiger partial charge in [-0.15, -0.1) is 24.8 Å². The fourth-order valence-corrected chi connectivity index (χ4v) is 2.11. The normalized spacial score (nSPS) is 40.6. The van der Waals surface area contributed by atoms with Gasteiger partial charge in [0.15, 0.2) is 0 Å². The molecule has 2 bridgehead atoms. The van der Waals surface area contributed by atoms with Gasteiger partial charge in [0.2, 0.25) is 0 Å². The summed E-state index contributed by atoms with van der Waals surface area (Å²) in [5.74, 6) is 0.939. The minimum absolute atomic E-state index is 0. The molecule has 0 aromatic heterocycles. The lowest BCUT2D eigenvalue weighted by Crippen LogP contribution is -2.41. The summed E-state index contributed by atoms with van der Waals surface area (Å²) >= 11 is 0. The minimum Gasteiger partial charge on any atom is -0.327 e. The highest BCUT2D eigenvalue weighted by molar-refractivity contribution is 5.85. The average molecular weight is 199 g/mol. The van der Waals surface area contributed by atoms with Gasteiger partial charge in [0.05, 0.1) is 0 Å². The van der Waals surface area contributed by atoms with E-state index in [1.54, 1.807) is 0 Å². The van der Waals surface area contributed by atoms with Gasteiger partial charge in [-0.1, -0.05) is 0 Å². The first-order valence-corrected chi connectivity index (χ1v) is 3.82. The van der Waals surface area contributed by atoms with E-state index in [9.17, 15) is 0 Å². The fourth-order valence-electron chi connectivity index (χ4n) is 2.11. The van der Waals surface area contributed by atoms with Gasteiger partial charge in [-0.05, 0) is 25.3 Å². The fraction of sp³-hybridized carbons (Fsp3) is 1.00. The van der Waals surface area contributed by atoms with Gasteiger partial charge < -0.3 is 10.6 Å². The summed E-state index contributed by atoms with van der Waals surface area (Å²) in [5, 5.41) is 0. The molecule has 11 heavy (non-hydrogen) atoms. The van der Waals surface area contributed by atoms with Gasteiger partial charge in [0.1, 0.15) is 0 Å². The molecule has 68 valence electrons. The van der Waals surface area contributed by atoms with Crippen LogP contribution in [-0.4, -0.2) is 30.6 Å². The van der Waals surface area contributed by atoms with E-state index in [1.165, 1.54) is 25.9 Å². The molecule has 0 aromatic carbocycles. The average Bonchev–Trinajstić information content (AvgIpc) is 2.11. The van der Waals surface area contributed by atoms with Crippen LogP contribution in [0.4, 0.5) is 0 Å². The maximum atomic E-state index is 5.81. The summed E-state index contributed by atoms with van der Waals surface area (Å²) in [6.07, 6.45) is 2.67. The van der Waals surface area contributed by atoms with Crippen molar-refractivity contribution in [3.63, 3.8) is 0 Å². The number of nitrogens with two attached hydrogens (primary N) is 1. The Labute approximate surface area is 80.3 Å². The van der Waals surface area contributed by atoms with Crippen LogP contribution in [0, 0.1) is 5.92 Å². The van der Waals surface area contributed by atoms with E-state index in [1.807, 2.05) is 0 Å². The molecular weight excluding hydrogens is 183 g/mol. The summed E-state index contributed by atoms with van der Waals surface area (Å²) in [5.41, 5.74) is 5.81. The quantitative estimate of drug-likeness (QED) is 0.627.